The third-order valence-electron chi connectivity index (χ3n) is 7.25. The van der Waals surface area contributed by atoms with E-state index in [-0.39, 0.29) is 31.2 Å². The number of hydrogen-bond donors (Lipinski definition) is 1. The molecule has 38 heavy (non-hydrogen) atoms. The molecular weight excluding hydrogens is 488 g/mol. The van der Waals surface area contributed by atoms with Gasteiger partial charge in [0.05, 0.1) is 26.2 Å². The first-order valence-electron chi connectivity index (χ1n) is 13.4. The molecule has 2 aliphatic heterocycles. The average Bonchev–Trinajstić information content (AvgIpc) is 3.54. The number of methoxy groups -OCH3 is 1. The van der Waals surface area contributed by atoms with E-state index >= 15 is 0 Å². The molecule has 1 N–H and O–H groups in total. The van der Waals surface area contributed by atoms with Gasteiger partial charge in [0.1, 0.15) is 5.75 Å². The maximum Gasteiger partial charge on any atom is 0.308 e. The van der Waals surface area contributed by atoms with E-state index in [1.54, 1.807) is 7.11 Å². The number of hydrogen-bond acceptors (Lipinski definition) is 7. The van der Waals surface area contributed by atoms with E-state index in [0.29, 0.717) is 44.0 Å². The summed E-state index contributed by atoms with van der Waals surface area (Å²) in [6.07, 6.45) is 2.76. The number of ether oxygens (including phenoxy) is 3. The predicted octanol–water partition coefficient (Wildman–Crippen LogP) is 4.11. The first-order chi connectivity index (χ1) is 18.5. The first-order valence-corrected chi connectivity index (χ1v) is 13.4. The maximum atomic E-state index is 13.3. The lowest BCUT2D eigenvalue weighted by atomic mass is 9.83. The second-order valence-electron chi connectivity index (χ2n) is 9.76. The largest absolute Gasteiger partial charge is 0.496 e. The lowest BCUT2D eigenvalue weighted by molar-refractivity contribution is -0.188. The summed E-state index contributed by atoms with van der Waals surface area (Å²) in [5.74, 6) is 0.00552. The molecule has 2 aliphatic rings. The summed E-state index contributed by atoms with van der Waals surface area (Å²) < 4.78 is 16.5. The number of aliphatic carboxylic acids is 1. The van der Waals surface area contributed by atoms with Gasteiger partial charge in [-0.2, -0.15) is 0 Å². The smallest absolute Gasteiger partial charge is 0.308 e. The minimum Gasteiger partial charge on any atom is -0.496 e. The van der Waals surface area contributed by atoms with Crippen LogP contribution in [-0.4, -0.2) is 73.1 Å². The minimum atomic E-state index is -0.875. The van der Waals surface area contributed by atoms with Gasteiger partial charge in [-0.1, -0.05) is 38.1 Å². The fraction of sp³-hybridized carbons (Fsp3) is 0.517. The van der Waals surface area contributed by atoms with Crippen molar-refractivity contribution in [3.05, 3.63) is 53.6 Å². The first kappa shape index (κ1) is 27.7. The van der Waals surface area contributed by atoms with E-state index in [2.05, 4.69) is 0 Å². The quantitative estimate of drug-likeness (QED) is 0.390. The van der Waals surface area contributed by atoms with Gasteiger partial charge in [-0.3, -0.25) is 19.3 Å². The molecule has 206 valence electrons. The molecule has 0 unspecified atom stereocenters. The maximum absolute atomic E-state index is 13.3. The standard InChI is InChI=1S/C29H38N2O7/c1-4-14-31(38-15-5-2)27(32)18-30-17-22(21-11-13-25-26(16-21)37-19-36-25)28(29(33)34)23(30)12-10-20-8-6-7-9-24(20)35-3/h6-9,11,13,16,22-23,28H,4-5,10,12,14-15,17-19H2,1-3H3,(H,33,34)/t22-,23+,28-/m1/s1. The monoisotopic (exact) mass is 526 g/mol. The molecule has 1 amide bonds. The van der Waals surface area contributed by atoms with E-state index < -0.39 is 11.9 Å². The summed E-state index contributed by atoms with van der Waals surface area (Å²) >= 11 is 0. The molecular formula is C29H38N2O7. The highest BCUT2D eigenvalue weighted by molar-refractivity contribution is 5.78. The van der Waals surface area contributed by atoms with E-state index in [0.717, 1.165) is 29.7 Å². The number of likely N-dealkylation sites (tertiary alicyclic amines) is 1. The van der Waals surface area contributed by atoms with Crippen molar-refractivity contribution in [1.29, 1.82) is 0 Å². The van der Waals surface area contributed by atoms with Gasteiger partial charge in [0, 0.05) is 25.0 Å². The van der Waals surface area contributed by atoms with Crippen molar-refractivity contribution in [2.45, 2.75) is 51.5 Å². The van der Waals surface area contributed by atoms with Crippen LogP contribution in [0.15, 0.2) is 42.5 Å². The van der Waals surface area contributed by atoms with Crippen LogP contribution in [0.1, 0.15) is 50.2 Å². The molecule has 1 fully saturated rings. The second-order valence-corrected chi connectivity index (χ2v) is 9.76. The summed E-state index contributed by atoms with van der Waals surface area (Å²) in [7, 11) is 1.63. The molecule has 9 heteroatoms. The number of benzene rings is 2. The topological polar surface area (TPSA) is 97.8 Å². The number of rotatable bonds is 13. The van der Waals surface area contributed by atoms with Gasteiger partial charge in [-0.05, 0) is 55.0 Å². The number of aryl methyl sites for hydroxylation is 1. The Hall–Kier alpha value is -3.30. The number of carboxylic acid groups (broad SMARTS) is 1. The van der Waals surface area contributed by atoms with Crippen LogP contribution in [0.2, 0.25) is 0 Å². The van der Waals surface area contributed by atoms with Crippen molar-refractivity contribution in [1.82, 2.24) is 9.96 Å². The normalized spacial score (nSPS) is 20.4. The Morgan fingerprint density at radius 2 is 1.89 bits per heavy atom. The summed E-state index contributed by atoms with van der Waals surface area (Å²) in [4.78, 5) is 33.8. The SMILES string of the molecule is CCCON(CCC)C(=O)CN1C[C@H](c2ccc3c(c2)OCO3)[C@@H](C(=O)O)[C@@H]1CCc1ccccc1OC. The molecule has 1 saturated heterocycles. The van der Waals surface area contributed by atoms with Crippen molar-refractivity contribution in [3.63, 3.8) is 0 Å². The summed E-state index contributed by atoms with van der Waals surface area (Å²) in [5.41, 5.74) is 1.88. The molecule has 4 rings (SSSR count). The zero-order valence-electron chi connectivity index (χ0n) is 22.4. The van der Waals surface area contributed by atoms with Crippen LogP contribution in [0.3, 0.4) is 0 Å². The summed E-state index contributed by atoms with van der Waals surface area (Å²) in [5, 5.41) is 11.9. The Morgan fingerprint density at radius 1 is 1.11 bits per heavy atom. The van der Waals surface area contributed by atoms with Crippen LogP contribution in [-0.2, 0) is 20.8 Å². The summed E-state index contributed by atoms with van der Waals surface area (Å²) in [6, 6.07) is 13.0. The van der Waals surface area contributed by atoms with Crippen LogP contribution >= 0.6 is 0 Å². The molecule has 0 radical (unpaired) electrons. The molecule has 2 aromatic carbocycles. The number of carbonyl (C=O) groups is 2. The number of nitrogens with zero attached hydrogens (tertiary/aromatic N) is 2. The van der Waals surface area contributed by atoms with Gasteiger partial charge >= 0.3 is 5.97 Å². The van der Waals surface area contributed by atoms with Crippen molar-refractivity contribution in [3.8, 4) is 17.2 Å². The Bertz CT molecular complexity index is 1110. The zero-order chi connectivity index (χ0) is 27.1. The molecule has 2 heterocycles. The van der Waals surface area contributed by atoms with Crippen molar-refractivity contribution in [2.24, 2.45) is 5.92 Å². The van der Waals surface area contributed by atoms with E-state index in [1.807, 2.05) is 61.2 Å². The van der Waals surface area contributed by atoms with Crippen molar-refractivity contribution in [2.75, 3.05) is 40.1 Å². The molecule has 0 bridgehead atoms. The molecule has 0 aliphatic carbocycles. The minimum absolute atomic E-state index is 0.0884. The Balaban J connectivity index is 1.62. The molecule has 9 nitrogen and oxygen atoms in total. The molecule has 0 spiro atoms. The average molecular weight is 527 g/mol. The Labute approximate surface area is 224 Å². The van der Waals surface area contributed by atoms with Crippen LogP contribution < -0.4 is 14.2 Å². The molecule has 0 aromatic heterocycles. The van der Waals surface area contributed by atoms with Crippen LogP contribution in [0.25, 0.3) is 0 Å². The number of para-hydroxylation sites is 1. The highest BCUT2D eigenvalue weighted by Gasteiger charge is 2.47. The van der Waals surface area contributed by atoms with Crippen LogP contribution in [0.5, 0.6) is 17.2 Å². The number of amides is 1. The fourth-order valence-corrected chi connectivity index (χ4v) is 5.47. The van der Waals surface area contributed by atoms with Crippen LogP contribution in [0, 0.1) is 5.92 Å². The van der Waals surface area contributed by atoms with Gasteiger partial charge in [-0.15, -0.1) is 0 Å². The van der Waals surface area contributed by atoms with Crippen molar-refractivity contribution < 1.29 is 33.7 Å². The van der Waals surface area contributed by atoms with Gasteiger partial charge in [0.2, 0.25) is 6.79 Å². The third-order valence-corrected chi connectivity index (χ3v) is 7.25. The molecule has 2 aromatic rings. The van der Waals surface area contributed by atoms with E-state index in [4.69, 9.17) is 19.0 Å². The predicted molar refractivity (Wildman–Crippen MR) is 141 cm³/mol. The van der Waals surface area contributed by atoms with E-state index in [9.17, 15) is 14.7 Å². The number of carbonyl (C=O) groups excluding carboxylic acids is 1. The lowest BCUT2D eigenvalue weighted by Gasteiger charge is -2.29. The number of hydroxylamine groups is 2. The third kappa shape index (κ3) is 6.22. The zero-order valence-corrected chi connectivity index (χ0v) is 22.4. The van der Waals surface area contributed by atoms with Gasteiger partial charge < -0.3 is 19.3 Å². The molecule has 0 saturated carbocycles. The fourth-order valence-electron chi connectivity index (χ4n) is 5.47. The van der Waals surface area contributed by atoms with Gasteiger partial charge in [-0.25, -0.2) is 5.06 Å². The van der Waals surface area contributed by atoms with Crippen molar-refractivity contribution >= 4 is 11.9 Å². The second kappa shape index (κ2) is 13.0. The number of carboxylic acids is 1. The Morgan fingerprint density at radius 3 is 2.63 bits per heavy atom. The number of fused-ring (bicyclic) bond motifs is 1. The van der Waals surface area contributed by atoms with Crippen LogP contribution in [0.4, 0.5) is 0 Å². The Kier molecular flexibility index (Phi) is 9.47. The summed E-state index contributed by atoms with van der Waals surface area (Å²) in [6.45, 7) is 5.62. The van der Waals surface area contributed by atoms with Gasteiger partial charge in [0.25, 0.3) is 5.91 Å². The highest BCUT2D eigenvalue weighted by Crippen LogP contribution is 2.43. The molecule has 3 atom stereocenters. The lowest BCUT2D eigenvalue weighted by Crippen LogP contribution is -2.44. The van der Waals surface area contributed by atoms with E-state index in [1.165, 1.54) is 5.06 Å². The van der Waals surface area contributed by atoms with Gasteiger partial charge in [0.15, 0.2) is 11.5 Å². The highest BCUT2D eigenvalue weighted by atomic mass is 16.7.